The lowest BCUT2D eigenvalue weighted by atomic mass is 10.3. The van der Waals surface area contributed by atoms with Crippen molar-refractivity contribution in [3.8, 4) is 5.75 Å². The first-order valence-corrected chi connectivity index (χ1v) is 10.8. The maximum absolute atomic E-state index is 12.2. The Balaban J connectivity index is 1.22. The fraction of sp³-hybridized carbons (Fsp3) is 0.0952. The second kappa shape index (κ2) is 9.47. The Morgan fingerprint density at radius 3 is 2.63 bits per heavy atom. The molecule has 0 aliphatic rings. The van der Waals surface area contributed by atoms with Crippen LogP contribution in [-0.2, 0) is 11.4 Å². The van der Waals surface area contributed by atoms with Gasteiger partial charge in [-0.15, -0.1) is 11.3 Å². The van der Waals surface area contributed by atoms with Crippen LogP contribution >= 0.6 is 23.1 Å². The lowest BCUT2D eigenvalue weighted by molar-refractivity contribution is -0.119. The van der Waals surface area contributed by atoms with Crippen molar-refractivity contribution >= 4 is 45.1 Å². The first kappa shape index (κ1) is 20.0. The van der Waals surface area contributed by atoms with Gasteiger partial charge in [0.25, 0.3) is 0 Å². The smallest absolute Gasteiger partial charge is 0.305 e. The third kappa shape index (κ3) is 5.19. The minimum absolute atomic E-state index is 0.0841. The number of carbonyl (C=O) groups excluding carboxylic acids is 2. The molecule has 0 aliphatic carbocycles. The highest BCUT2D eigenvalue weighted by molar-refractivity contribution is 8.01. The number of rotatable bonds is 7. The van der Waals surface area contributed by atoms with Crippen LogP contribution in [0.5, 0.6) is 5.75 Å². The second-order valence-electron chi connectivity index (χ2n) is 6.11. The molecule has 9 heteroatoms. The average molecular weight is 440 g/mol. The third-order valence-corrected chi connectivity index (χ3v) is 6.11. The van der Waals surface area contributed by atoms with E-state index in [1.165, 1.54) is 29.2 Å². The topological polar surface area (TPSA) is 93.5 Å². The quantitative estimate of drug-likeness (QED) is 0.334. The molecule has 0 aliphatic heterocycles. The first-order valence-electron chi connectivity index (χ1n) is 9.01. The van der Waals surface area contributed by atoms with Crippen LogP contribution in [-0.4, -0.2) is 22.6 Å². The summed E-state index contributed by atoms with van der Waals surface area (Å²) in [4.78, 5) is 28.6. The Bertz CT molecular complexity index is 1120. The standard InChI is InChI=1S/C21H17N3O4S2/c25-19(13-29-21-22-16-8-4-5-9-18(16)30-21)23-24-20(26)17-11-10-15(28-17)12-27-14-6-2-1-3-7-14/h1-11H,12-13H2,(H,23,25)(H,24,26). The largest absolute Gasteiger partial charge is 0.486 e. The number of thiazole rings is 1. The van der Waals surface area contributed by atoms with Crippen LogP contribution in [0.15, 0.2) is 75.5 Å². The van der Waals surface area contributed by atoms with Gasteiger partial charge in [0.1, 0.15) is 18.1 Å². The van der Waals surface area contributed by atoms with E-state index in [1.807, 2.05) is 54.6 Å². The number of furan rings is 1. The van der Waals surface area contributed by atoms with Gasteiger partial charge in [0.2, 0.25) is 5.91 Å². The van der Waals surface area contributed by atoms with Crippen molar-refractivity contribution in [1.82, 2.24) is 15.8 Å². The number of ether oxygens (including phenoxy) is 1. The maximum atomic E-state index is 12.2. The van der Waals surface area contributed by atoms with Crippen LogP contribution in [0, 0.1) is 0 Å². The van der Waals surface area contributed by atoms with Gasteiger partial charge >= 0.3 is 5.91 Å². The molecule has 2 aromatic carbocycles. The van der Waals surface area contributed by atoms with E-state index in [-0.39, 0.29) is 24.0 Å². The van der Waals surface area contributed by atoms with Crippen LogP contribution in [0.3, 0.4) is 0 Å². The van der Waals surface area contributed by atoms with Crippen LogP contribution < -0.4 is 15.6 Å². The summed E-state index contributed by atoms with van der Waals surface area (Å²) in [6.07, 6.45) is 0. The summed E-state index contributed by atoms with van der Waals surface area (Å²) in [5.41, 5.74) is 5.63. The number of nitrogens with one attached hydrogen (secondary N) is 2. The van der Waals surface area contributed by atoms with E-state index in [4.69, 9.17) is 9.15 Å². The SMILES string of the molecule is O=C(CSc1nc2ccccc2s1)NNC(=O)c1ccc(COc2ccccc2)o1. The minimum Gasteiger partial charge on any atom is -0.486 e. The van der Waals surface area contributed by atoms with Crippen molar-refractivity contribution in [2.24, 2.45) is 0 Å². The number of fused-ring (bicyclic) bond motifs is 1. The van der Waals surface area contributed by atoms with Crippen molar-refractivity contribution < 1.29 is 18.7 Å². The van der Waals surface area contributed by atoms with Gasteiger partial charge in [0.15, 0.2) is 10.1 Å². The number of carbonyl (C=O) groups is 2. The zero-order chi connectivity index (χ0) is 20.8. The third-order valence-electron chi connectivity index (χ3n) is 3.93. The number of hydrogen-bond donors (Lipinski definition) is 2. The van der Waals surface area contributed by atoms with Crippen molar-refractivity contribution in [2.75, 3.05) is 5.75 Å². The van der Waals surface area contributed by atoms with Crippen molar-refractivity contribution in [3.63, 3.8) is 0 Å². The number of amides is 2. The second-order valence-corrected chi connectivity index (χ2v) is 8.36. The number of thioether (sulfide) groups is 1. The highest BCUT2D eigenvalue weighted by Crippen LogP contribution is 2.28. The van der Waals surface area contributed by atoms with Gasteiger partial charge in [-0.1, -0.05) is 42.1 Å². The maximum Gasteiger partial charge on any atom is 0.305 e. The summed E-state index contributed by atoms with van der Waals surface area (Å²) >= 11 is 2.84. The van der Waals surface area contributed by atoms with Crippen LogP contribution in [0.1, 0.15) is 16.3 Å². The Morgan fingerprint density at radius 1 is 1.00 bits per heavy atom. The van der Waals surface area contributed by atoms with Gasteiger partial charge in [0.05, 0.1) is 16.0 Å². The molecule has 0 saturated heterocycles. The van der Waals surface area contributed by atoms with E-state index in [2.05, 4.69) is 15.8 Å². The molecule has 4 aromatic rings. The highest BCUT2D eigenvalue weighted by atomic mass is 32.2. The molecule has 0 unspecified atom stereocenters. The van der Waals surface area contributed by atoms with Gasteiger partial charge in [-0.3, -0.25) is 20.4 Å². The summed E-state index contributed by atoms with van der Waals surface area (Å²) < 4.78 is 12.9. The number of nitrogens with zero attached hydrogens (tertiary/aromatic N) is 1. The molecule has 2 N–H and O–H groups in total. The molecule has 0 fully saturated rings. The molecular formula is C21H17N3O4S2. The molecule has 2 amide bonds. The molecule has 0 spiro atoms. The molecule has 0 saturated carbocycles. The molecular weight excluding hydrogens is 422 g/mol. The molecule has 4 rings (SSSR count). The summed E-state index contributed by atoms with van der Waals surface area (Å²) in [6, 6.07) is 20.3. The Hall–Kier alpha value is -3.30. The summed E-state index contributed by atoms with van der Waals surface area (Å²) in [5.74, 6) is 0.542. The van der Waals surface area contributed by atoms with Crippen molar-refractivity contribution in [2.45, 2.75) is 10.9 Å². The van der Waals surface area contributed by atoms with E-state index >= 15 is 0 Å². The van der Waals surface area contributed by atoms with Crippen molar-refractivity contribution in [3.05, 3.63) is 78.3 Å². The van der Waals surface area contributed by atoms with Gasteiger partial charge in [-0.25, -0.2) is 4.98 Å². The van der Waals surface area contributed by atoms with Crippen molar-refractivity contribution in [1.29, 1.82) is 0 Å². The lowest BCUT2D eigenvalue weighted by Crippen LogP contribution is -2.42. The van der Waals surface area contributed by atoms with E-state index in [1.54, 1.807) is 6.07 Å². The van der Waals surface area contributed by atoms with Crippen LogP contribution in [0.2, 0.25) is 0 Å². The number of aromatic nitrogens is 1. The number of para-hydroxylation sites is 2. The molecule has 7 nitrogen and oxygen atoms in total. The van der Waals surface area contributed by atoms with Gasteiger partial charge in [-0.05, 0) is 36.4 Å². The van der Waals surface area contributed by atoms with Gasteiger partial charge in [-0.2, -0.15) is 0 Å². The average Bonchev–Trinajstić information content (AvgIpc) is 3.42. The predicted molar refractivity (Wildman–Crippen MR) is 115 cm³/mol. The van der Waals surface area contributed by atoms with Crippen LogP contribution in [0.4, 0.5) is 0 Å². The zero-order valence-electron chi connectivity index (χ0n) is 15.7. The molecule has 2 heterocycles. The van der Waals surface area contributed by atoms with E-state index in [0.717, 1.165) is 14.6 Å². The Morgan fingerprint density at radius 2 is 1.80 bits per heavy atom. The molecule has 152 valence electrons. The van der Waals surface area contributed by atoms with Gasteiger partial charge in [0, 0.05) is 0 Å². The number of hydrazine groups is 1. The Kier molecular flexibility index (Phi) is 6.31. The summed E-state index contributed by atoms with van der Waals surface area (Å²) in [5, 5.41) is 0. The highest BCUT2D eigenvalue weighted by Gasteiger charge is 2.13. The van der Waals surface area contributed by atoms with Crippen LogP contribution in [0.25, 0.3) is 10.2 Å². The molecule has 0 atom stereocenters. The fourth-order valence-electron chi connectivity index (χ4n) is 2.51. The first-order chi connectivity index (χ1) is 14.7. The minimum atomic E-state index is -0.542. The van der Waals surface area contributed by atoms with E-state index in [0.29, 0.717) is 11.5 Å². The lowest BCUT2D eigenvalue weighted by Gasteiger charge is -2.05. The molecule has 0 radical (unpaired) electrons. The van der Waals surface area contributed by atoms with E-state index in [9.17, 15) is 9.59 Å². The normalized spacial score (nSPS) is 10.7. The molecule has 0 bridgehead atoms. The Labute approximate surface area is 180 Å². The fourth-order valence-corrected chi connectivity index (χ4v) is 4.38. The monoisotopic (exact) mass is 439 g/mol. The number of hydrogen-bond acceptors (Lipinski definition) is 7. The van der Waals surface area contributed by atoms with E-state index < -0.39 is 5.91 Å². The van der Waals surface area contributed by atoms with Gasteiger partial charge < -0.3 is 9.15 Å². The summed E-state index contributed by atoms with van der Waals surface area (Å²) in [6.45, 7) is 0.197. The molecule has 30 heavy (non-hydrogen) atoms. The number of benzene rings is 2. The zero-order valence-corrected chi connectivity index (χ0v) is 17.3. The summed E-state index contributed by atoms with van der Waals surface area (Å²) in [7, 11) is 0. The molecule has 2 aromatic heterocycles. The predicted octanol–water partition coefficient (Wildman–Crippen LogP) is 4.02.